The molecule has 2 N–H and O–H groups in total. The lowest BCUT2D eigenvalue weighted by Gasteiger charge is -2.18. The quantitative estimate of drug-likeness (QED) is 0.740. The number of aromatic nitrogens is 2. The molecule has 6 nitrogen and oxygen atoms in total. The van der Waals surface area contributed by atoms with Gasteiger partial charge in [0.25, 0.3) is 5.91 Å². The van der Waals surface area contributed by atoms with Gasteiger partial charge in [0.1, 0.15) is 18.2 Å². The van der Waals surface area contributed by atoms with E-state index >= 15 is 0 Å². The summed E-state index contributed by atoms with van der Waals surface area (Å²) < 4.78 is 7.36. The van der Waals surface area contributed by atoms with Crippen LogP contribution >= 0.6 is 0 Å². The van der Waals surface area contributed by atoms with Crippen LogP contribution in [0.15, 0.2) is 54.9 Å². The molecule has 0 fully saturated rings. The first kappa shape index (κ1) is 16.4. The van der Waals surface area contributed by atoms with Gasteiger partial charge in [-0.1, -0.05) is 6.07 Å². The summed E-state index contributed by atoms with van der Waals surface area (Å²) in [6.45, 7) is 0.940. The molecule has 1 aliphatic rings. The van der Waals surface area contributed by atoms with E-state index in [1.54, 1.807) is 6.20 Å². The molecule has 1 aromatic heterocycles. The molecule has 0 aliphatic carbocycles. The van der Waals surface area contributed by atoms with Gasteiger partial charge in [-0.2, -0.15) is 0 Å². The number of hydrogen-bond donors (Lipinski definition) is 2. The fourth-order valence-corrected chi connectivity index (χ4v) is 3.14. The van der Waals surface area contributed by atoms with Crippen molar-refractivity contribution in [2.45, 2.75) is 6.42 Å². The SMILES string of the molecule is O=C1NCCc2ccc(-n3ccnc3-c3ccc(OCCO)cc3)cc21. The second kappa shape index (κ2) is 7.01. The smallest absolute Gasteiger partial charge is 0.251 e. The maximum atomic E-state index is 12.1. The minimum absolute atomic E-state index is 0.0158. The number of carbonyl (C=O) groups excluding carboxylic acids is 1. The number of ether oxygens (including phenoxy) is 1. The number of benzene rings is 2. The molecule has 0 radical (unpaired) electrons. The van der Waals surface area contributed by atoms with E-state index in [1.807, 2.05) is 53.2 Å². The van der Waals surface area contributed by atoms with Crippen LogP contribution in [0, 0.1) is 0 Å². The molecule has 132 valence electrons. The van der Waals surface area contributed by atoms with Crippen molar-refractivity contribution in [2.24, 2.45) is 0 Å². The molecule has 2 aromatic carbocycles. The predicted octanol–water partition coefficient (Wildman–Crippen LogP) is 2.20. The van der Waals surface area contributed by atoms with Crippen LogP contribution in [0.5, 0.6) is 5.75 Å². The number of nitrogens with one attached hydrogen (secondary N) is 1. The predicted molar refractivity (Wildman–Crippen MR) is 97.6 cm³/mol. The lowest BCUT2D eigenvalue weighted by atomic mass is 9.99. The van der Waals surface area contributed by atoms with Gasteiger partial charge in [-0.3, -0.25) is 9.36 Å². The number of carbonyl (C=O) groups is 1. The maximum absolute atomic E-state index is 12.1. The van der Waals surface area contributed by atoms with Crippen molar-refractivity contribution in [3.63, 3.8) is 0 Å². The summed E-state index contributed by atoms with van der Waals surface area (Å²) in [6, 6.07) is 13.5. The van der Waals surface area contributed by atoms with Crippen LogP contribution in [0.1, 0.15) is 15.9 Å². The van der Waals surface area contributed by atoms with Crippen LogP contribution in [-0.2, 0) is 6.42 Å². The lowest BCUT2D eigenvalue weighted by molar-refractivity contribution is 0.0946. The largest absolute Gasteiger partial charge is 0.491 e. The molecule has 0 saturated carbocycles. The third-order valence-corrected chi connectivity index (χ3v) is 4.41. The normalized spacial score (nSPS) is 13.2. The first-order valence-electron chi connectivity index (χ1n) is 8.55. The van der Waals surface area contributed by atoms with E-state index < -0.39 is 0 Å². The van der Waals surface area contributed by atoms with E-state index in [0.29, 0.717) is 12.3 Å². The summed E-state index contributed by atoms with van der Waals surface area (Å²) in [6.07, 6.45) is 4.48. The molecular weight excluding hydrogens is 330 g/mol. The Hall–Kier alpha value is -3.12. The van der Waals surface area contributed by atoms with Crippen LogP contribution in [0.25, 0.3) is 17.1 Å². The van der Waals surface area contributed by atoms with E-state index in [9.17, 15) is 4.79 Å². The maximum Gasteiger partial charge on any atom is 0.251 e. The molecule has 2 heterocycles. The van der Waals surface area contributed by atoms with Gasteiger partial charge in [0.15, 0.2) is 0 Å². The number of nitrogens with zero attached hydrogens (tertiary/aromatic N) is 2. The van der Waals surface area contributed by atoms with Crippen LogP contribution in [0.4, 0.5) is 0 Å². The van der Waals surface area contributed by atoms with Crippen molar-refractivity contribution in [3.05, 3.63) is 66.0 Å². The zero-order chi connectivity index (χ0) is 17.9. The second-order valence-corrected chi connectivity index (χ2v) is 6.06. The molecule has 6 heteroatoms. The molecule has 0 unspecified atom stereocenters. The van der Waals surface area contributed by atoms with Gasteiger partial charge in [0.05, 0.1) is 6.61 Å². The zero-order valence-electron chi connectivity index (χ0n) is 14.2. The van der Waals surface area contributed by atoms with E-state index in [-0.39, 0.29) is 19.1 Å². The highest BCUT2D eigenvalue weighted by atomic mass is 16.5. The monoisotopic (exact) mass is 349 g/mol. The van der Waals surface area contributed by atoms with Gasteiger partial charge in [-0.15, -0.1) is 0 Å². The third kappa shape index (κ3) is 3.07. The summed E-state index contributed by atoms with van der Waals surface area (Å²) >= 11 is 0. The highest BCUT2D eigenvalue weighted by Gasteiger charge is 2.18. The highest BCUT2D eigenvalue weighted by Crippen LogP contribution is 2.25. The molecule has 4 rings (SSSR count). The van der Waals surface area contributed by atoms with Gasteiger partial charge >= 0.3 is 0 Å². The zero-order valence-corrected chi connectivity index (χ0v) is 14.2. The molecule has 0 saturated heterocycles. The van der Waals surface area contributed by atoms with Crippen molar-refractivity contribution in [3.8, 4) is 22.8 Å². The third-order valence-electron chi connectivity index (χ3n) is 4.41. The molecule has 1 amide bonds. The molecule has 0 atom stereocenters. The van der Waals surface area contributed by atoms with Crippen LogP contribution < -0.4 is 10.1 Å². The van der Waals surface area contributed by atoms with Crippen molar-refractivity contribution >= 4 is 5.91 Å². The Morgan fingerprint density at radius 3 is 2.85 bits per heavy atom. The summed E-state index contributed by atoms with van der Waals surface area (Å²) in [5, 5.41) is 11.7. The molecule has 3 aromatic rings. The fraction of sp³-hybridized carbons (Fsp3) is 0.200. The number of aliphatic hydroxyl groups excluding tert-OH is 1. The first-order chi connectivity index (χ1) is 12.8. The molecule has 1 aliphatic heterocycles. The molecular formula is C20H19N3O3. The van der Waals surface area contributed by atoms with Gasteiger partial charge in [-0.05, 0) is 48.4 Å². The number of imidazole rings is 1. The standard InChI is InChI=1S/C20H19N3O3/c24-11-12-26-17-5-2-15(3-6-17)19-21-9-10-23(19)16-4-1-14-7-8-22-20(25)18(14)13-16/h1-6,9-10,13,24H,7-8,11-12H2,(H,22,25). The number of amides is 1. The van der Waals surface area contributed by atoms with E-state index in [4.69, 9.17) is 9.84 Å². The summed E-state index contributed by atoms with van der Waals surface area (Å²) in [4.78, 5) is 16.6. The fourth-order valence-electron chi connectivity index (χ4n) is 3.14. The number of hydrogen-bond acceptors (Lipinski definition) is 4. The van der Waals surface area contributed by atoms with E-state index in [1.165, 1.54) is 0 Å². The minimum atomic E-state index is -0.0276. The van der Waals surface area contributed by atoms with Crippen molar-refractivity contribution < 1.29 is 14.6 Å². The van der Waals surface area contributed by atoms with Gasteiger partial charge in [-0.25, -0.2) is 4.98 Å². The first-order valence-corrected chi connectivity index (χ1v) is 8.55. The van der Waals surface area contributed by atoms with E-state index in [2.05, 4.69) is 10.3 Å². The van der Waals surface area contributed by atoms with Crippen LogP contribution in [0.3, 0.4) is 0 Å². The summed E-state index contributed by atoms with van der Waals surface area (Å²) in [5.74, 6) is 1.46. The molecule has 26 heavy (non-hydrogen) atoms. The Kier molecular flexibility index (Phi) is 4.41. The average molecular weight is 349 g/mol. The van der Waals surface area contributed by atoms with Crippen molar-refractivity contribution in [2.75, 3.05) is 19.8 Å². The Bertz CT molecular complexity index is 932. The van der Waals surface area contributed by atoms with E-state index in [0.717, 1.165) is 34.6 Å². The van der Waals surface area contributed by atoms with Crippen molar-refractivity contribution in [1.82, 2.24) is 14.9 Å². The number of rotatable bonds is 5. The molecule has 0 bridgehead atoms. The Balaban J connectivity index is 1.67. The Morgan fingerprint density at radius 2 is 2.04 bits per heavy atom. The number of fused-ring (bicyclic) bond motifs is 1. The Morgan fingerprint density at radius 1 is 1.19 bits per heavy atom. The second-order valence-electron chi connectivity index (χ2n) is 6.06. The number of aliphatic hydroxyl groups is 1. The van der Waals surface area contributed by atoms with Crippen LogP contribution in [-0.4, -0.2) is 40.3 Å². The minimum Gasteiger partial charge on any atom is -0.491 e. The lowest BCUT2D eigenvalue weighted by Crippen LogP contribution is -2.31. The summed E-state index contributed by atoms with van der Waals surface area (Å²) in [5.41, 5.74) is 3.63. The Labute approximate surface area is 151 Å². The average Bonchev–Trinajstić information content (AvgIpc) is 3.17. The van der Waals surface area contributed by atoms with Gasteiger partial charge in [0, 0.05) is 35.8 Å². The van der Waals surface area contributed by atoms with Crippen LogP contribution in [0.2, 0.25) is 0 Å². The van der Waals surface area contributed by atoms with Crippen molar-refractivity contribution in [1.29, 1.82) is 0 Å². The summed E-state index contributed by atoms with van der Waals surface area (Å²) in [7, 11) is 0. The molecule has 0 spiro atoms. The van der Waals surface area contributed by atoms with Gasteiger partial charge < -0.3 is 15.2 Å². The topological polar surface area (TPSA) is 76.4 Å². The highest BCUT2D eigenvalue weighted by molar-refractivity contribution is 5.97. The van der Waals surface area contributed by atoms with Gasteiger partial charge in [0.2, 0.25) is 0 Å².